The molecule has 0 N–H and O–H groups in total. The molecular weight excluding hydrogens is 313 g/mol. The Bertz CT molecular complexity index is 530. The van der Waals surface area contributed by atoms with Gasteiger partial charge in [0.2, 0.25) is 0 Å². The summed E-state index contributed by atoms with van der Waals surface area (Å²) in [6.45, 7) is 4.57. The first kappa shape index (κ1) is 18.0. The molecule has 1 atom stereocenters. The number of rotatable bonds is 3. The zero-order valence-corrected chi connectivity index (χ0v) is 12.7. The zero-order chi connectivity index (χ0) is 16.5. The largest absolute Gasteiger partial charge is 0.523 e. The van der Waals surface area contributed by atoms with E-state index in [1.54, 1.807) is 6.08 Å². The minimum absolute atomic E-state index is 0.201. The maximum Gasteiger partial charge on any atom is 0.523 e. The monoisotopic (exact) mass is 330 g/mol. The lowest BCUT2D eigenvalue weighted by molar-refractivity contribution is -0.175. The fourth-order valence-electron chi connectivity index (χ4n) is 1.73. The van der Waals surface area contributed by atoms with Crippen LogP contribution in [0.2, 0.25) is 0 Å². The van der Waals surface area contributed by atoms with E-state index in [0.717, 1.165) is 0 Å². The molecule has 0 aromatic rings. The third-order valence-corrected chi connectivity index (χ3v) is 3.76. The Balaban J connectivity index is 3.12. The molecule has 122 valence electrons. The van der Waals surface area contributed by atoms with E-state index in [1.807, 2.05) is 0 Å². The number of hydrogen-bond donors (Lipinski definition) is 0. The summed E-state index contributed by atoms with van der Waals surface area (Å²) < 4.78 is 69.1. The number of carbonyl (C=O) groups is 1. The highest BCUT2D eigenvalue weighted by atomic mass is 32.2. The minimum atomic E-state index is -5.89. The molecule has 21 heavy (non-hydrogen) atoms. The van der Waals surface area contributed by atoms with Crippen molar-refractivity contribution >= 4 is 16.1 Å². The topological polar surface area (TPSA) is 69.7 Å². The van der Waals surface area contributed by atoms with Gasteiger partial charge < -0.3 is 4.74 Å². The standard InChI is InChI=1S/C12H17F3O5S/c1-10(2,3)19-9(16)11(7-5-4-6-8-11)20-21(17,18)12(13,14)15/h4-5H,6-8H2,1-3H3. The molecule has 0 spiro atoms. The van der Waals surface area contributed by atoms with Gasteiger partial charge in [-0.25, -0.2) is 8.98 Å². The van der Waals surface area contributed by atoms with E-state index in [4.69, 9.17) is 4.74 Å². The summed E-state index contributed by atoms with van der Waals surface area (Å²) in [5.41, 5.74) is -8.74. The molecule has 0 fully saturated rings. The Morgan fingerprint density at radius 3 is 2.14 bits per heavy atom. The molecule has 0 amide bonds. The molecule has 1 rings (SSSR count). The Kier molecular flexibility index (Phi) is 4.79. The lowest BCUT2D eigenvalue weighted by Gasteiger charge is -2.34. The average molecular weight is 330 g/mol. The summed E-state index contributed by atoms with van der Waals surface area (Å²) in [6.07, 6.45) is 2.75. The summed E-state index contributed by atoms with van der Waals surface area (Å²) in [5, 5.41) is 0. The molecule has 0 saturated heterocycles. The number of allylic oxidation sites excluding steroid dienone is 1. The van der Waals surface area contributed by atoms with Gasteiger partial charge in [-0.05, 0) is 33.6 Å². The van der Waals surface area contributed by atoms with Crippen molar-refractivity contribution in [2.24, 2.45) is 0 Å². The number of hydrogen-bond acceptors (Lipinski definition) is 5. The van der Waals surface area contributed by atoms with E-state index in [0.29, 0.717) is 0 Å². The van der Waals surface area contributed by atoms with Gasteiger partial charge in [0.05, 0.1) is 0 Å². The molecule has 0 aliphatic heterocycles. The van der Waals surface area contributed by atoms with Crippen molar-refractivity contribution in [3.63, 3.8) is 0 Å². The summed E-state index contributed by atoms with van der Waals surface area (Å²) in [5.74, 6) is -1.12. The van der Waals surface area contributed by atoms with Crippen molar-refractivity contribution in [1.82, 2.24) is 0 Å². The van der Waals surface area contributed by atoms with Crippen LogP contribution in [0.25, 0.3) is 0 Å². The predicted octanol–water partition coefficient (Wildman–Crippen LogP) is 2.67. The molecular formula is C12H17F3O5S. The highest BCUT2D eigenvalue weighted by Crippen LogP contribution is 2.36. The Morgan fingerprint density at radius 1 is 1.19 bits per heavy atom. The van der Waals surface area contributed by atoms with Crippen LogP contribution < -0.4 is 0 Å². The third-order valence-electron chi connectivity index (χ3n) is 2.65. The maximum atomic E-state index is 12.5. The van der Waals surface area contributed by atoms with E-state index < -0.39 is 32.8 Å². The van der Waals surface area contributed by atoms with Crippen LogP contribution in [0.5, 0.6) is 0 Å². The predicted molar refractivity (Wildman–Crippen MR) is 67.6 cm³/mol. The van der Waals surface area contributed by atoms with Crippen LogP contribution in [0.3, 0.4) is 0 Å². The molecule has 0 aromatic heterocycles. The Labute approximate surface area is 121 Å². The van der Waals surface area contributed by atoms with Crippen LogP contribution in [-0.2, 0) is 23.8 Å². The molecule has 0 heterocycles. The second-order valence-electron chi connectivity index (χ2n) is 5.69. The molecule has 5 nitrogen and oxygen atoms in total. The van der Waals surface area contributed by atoms with E-state index in [2.05, 4.69) is 4.18 Å². The van der Waals surface area contributed by atoms with Crippen LogP contribution >= 0.6 is 0 Å². The quantitative estimate of drug-likeness (QED) is 0.344. The second-order valence-corrected chi connectivity index (χ2v) is 7.23. The van der Waals surface area contributed by atoms with Crippen LogP contribution in [0.1, 0.15) is 40.0 Å². The van der Waals surface area contributed by atoms with Gasteiger partial charge in [0.15, 0.2) is 5.60 Å². The lowest BCUT2D eigenvalue weighted by Crippen LogP contribution is -2.49. The van der Waals surface area contributed by atoms with Gasteiger partial charge in [0, 0.05) is 6.42 Å². The van der Waals surface area contributed by atoms with Crippen LogP contribution in [0.4, 0.5) is 13.2 Å². The lowest BCUT2D eigenvalue weighted by atomic mass is 9.89. The fraction of sp³-hybridized carbons (Fsp3) is 0.750. The number of carbonyl (C=O) groups excluding carboxylic acids is 1. The van der Waals surface area contributed by atoms with E-state index in [1.165, 1.54) is 26.8 Å². The molecule has 1 unspecified atom stereocenters. The first-order valence-corrected chi connectivity index (χ1v) is 7.60. The van der Waals surface area contributed by atoms with Gasteiger partial charge in [-0.2, -0.15) is 21.6 Å². The van der Waals surface area contributed by atoms with Crippen molar-refractivity contribution in [3.05, 3.63) is 12.2 Å². The van der Waals surface area contributed by atoms with Gasteiger partial charge in [-0.1, -0.05) is 12.2 Å². The van der Waals surface area contributed by atoms with Gasteiger partial charge in [0.1, 0.15) is 5.60 Å². The number of halogens is 3. The minimum Gasteiger partial charge on any atom is -0.458 e. The van der Waals surface area contributed by atoms with Crippen molar-refractivity contribution in [2.75, 3.05) is 0 Å². The van der Waals surface area contributed by atoms with Crippen LogP contribution in [0, 0.1) is 0 Å². The van der Waals surface area contributed by atoms with Crippen molar-refractivity contribution in [1.29, 1.82) is 0 Å². The summed E-state index contributed by atoms with van der Waals surface area (Å²) in [7, 11) is -5.89. The summed E-state index contributed by atoms with van der Waals surface area (Å²) >= 11 is 0. The summed E-state index contributed by atoms with van der Waals surface area (Å²) in [4.78, 5) is 12.1. The highest BCUT2D eigenvalue weighted by Gasteiger charge is 2.55. The fourth-order valence-corrected chi connectivity index (χ4v) is 2.47. The summed E-state index contributed by atoms with van der Waals surface area (Å²) in [6, 6.07) is 0. The van der Waals surface area contributed by atoms with E-state index in [9.17, 15) is 26.4 Å². The van der Waals surface area contributed by atoms with Crippen LogP contribution in [-0.4, -0.2) is 31.1 Å². The molecule has 0 aromatic carbocycles. The van der Waals surface area contributed by atoms with Gasteiger partial charge >= 0.3 is 21.6 Å². The Morgan fingerprint density at radius 2 is 1.76 bits per heavy atom. The molecule has 1 aliphatic rings. The number of alkyl halides is 3. The number of esters is 1. The zero-order valence-electron chi connectivity index (χ0n) is 11.9. The molecule has 1 aliphatic carbocycles. The van der Waals surface area contributed by atoms with Crippen LogP contribution in [0.15, 0.2) is 12.2 Å². The Hall–Kier alpha value is -1.09. The highest BCUT2D eigenvalue weighted by molar-refractivity contribution is 7.87. The smallest absolute Gasteiger partial charge is 0.458 e. The van der Waals surface area contributed by atoms with Crippen molar-refractivity contribution in [2.45, 2.75) is 56.7 Å². The van der Waals surface area contributed by atoms with E-state index in [-0.39, 0.29) is 19.3 Å². The average Bonchev–Trinajstić information content (AvgIpc) is 2.25. The first-order valence-electron chi connectivity index (χ1n) is 6.19. The van der Waals surface area contributed by atoms with Crippen molar-refractivity contribution < 1.29 is 35.3 Å². The van der Waals surface area contributed by atoms with E-state index >= 15 is 0 Å². The number of ether oxygens (including phenoxy) is 1. The van der Waals surface area contributed by atoms with Gasteiger partial charge in [-0.15, -0.1) is 0 Å². The van der Waals surface area contributed by atoms with Crippen molar-refractivity contribution in [3.8, 4) is 0 Å². The van der Waals surface area contributed by atoms with Gasteiger partial charge in [0.25, 0.3) is 0 Å². The third kappa shape index (κ3) is 4.44. The molecule has 0 saturated carbocycles. The molecule has 9 heteroatoms. The van der Waals surface area contributed by atoms with Gasteiger partial charge in [-0.3, -0.25) is 0 Å². The SMILES string of the molecule is CC(C)(C)OC(=O)C1(OS(=O)(=O)C(F)(F)F)CC=CCC1. The molecule has 0 radical (unpaired) electrons. The second kappa shape index (κ2) is 5.60. The molecule has 0 bridgehead atoms. The maximum absolute atomic E-state index is 12.5. The first-order chi connectivity index (χ1) is 9.29. The normalized spacial score (nSPS) is 23.9.